The summed E-state index contributed by atoms with van der Waals surface area (Å²) >= 11 is 0. The molecule has 0 saturated heterocycles. The maximum atomic E-state index is 2.42. The Kier molecular flexibility index (Phi) is 13.3. The van der Waals surface area contributed by atoms with Gasteiger partial charge in [-0.3, -0.25) is 0 Å². The number of hydrogen-bond acceptors (Lipinski definition) is 0. The molecule has 0 radical (unpaired) electrons. The highest BCUT2D eigenvalue weighted by atomic mass is 14.1. The van der Waals surface area contributed by atoms with Gasteiger partial charge in [-0.25, -0.2) is 0 Å². The smallest absolute Gasteiger partial charge is 0.0136 e. The second kappa shape index (κ2) is 14.1. The van der Waals surface area contributed by atoms with Crippen molar-refractivity contribution >= 4 is 0 Å². The monoisotopic (exact) mass is 328 g/mol. The molecule has 136 valence electrons. The highest BCUT2D eigenvalue weighted by Gasteiger charge is 2.05. The lowest BCUT2D eigenvalue weighted by atomic mass is 9.92. The third-order valence-corrected chi connectivity index (χ3v) is 4.66. The fourth-order valence-electron chi connectivity index (χ4n) is 2.74. The van der Waals surface area contributed by atoms with Gasteiger partial charge in [-0.15, -0.1) is 0 Å². The standard InChI is InChI=1S/C11H16.C11H18.C2H6/c1-4-10(3)11-7-5-9(2)6-8-11;1-3-5-11-8-6-10(4-2)7-9-11;1-2/h5-8,10H,4H2,1-3H3;4,8H,3,5-7,9H2,1-2H3;1-2H3/b;10-4+;. The van der Waals surface area contributed by atoms with Gasteiger partial charge in [0.25, 0.3) is 0 Å². The Hall–Kier alpha value is -1.30. The molecule has 0 nitrogen and oxygen atoms in total. The average Bonchev–Trinajstić information content (AvgIpc) is 2.65. The van der Waals surface area contributed by atoms with E-state index in [4.69, 9.17) is 0 Å². The van der Waals surface area contributed by atoms with Crippen molar-refractivity contribution in [3.05, 3.63) is 58.7 Å². The highest BCUT2D eigenvalue weighted by Crippen LogP contribution is 2.25. The molecule has 0 heteroatoms. The van der Waals surface area contributed by atoms with E-state index >= 15 is 0 Å². The number of aryl methyl sites for hydroxylation is 1. The molecular weight excluding hydrogens is 288 g/mol. The molecule has 2 rings (SSSR count). The molecule has 0 saturated carbocycles. The van der Waals surface area contributed by atoms with Crippen molar-refractivity contribution in [2.45, 2.75) is 92.9 Å². The molecule has 0 N–H and O–H groups in total. The fourth-order valence-corrected chi connectivity index (χ4v) is 2.74. The Morgan fingerprint density at radius 2 is 1.67 bits per heavy atom. The maximum Gasteiger partial charge on any atom is -0.0136 e. The fraction of sp³-hybridized carbons (Fsp3) is 0.583. The van der Waals surface area contributed by atoms with Crippen LogP contribution in [0.5, 0.6) is 0 Å². The van der Waals surface area contributed by atoms with Crippen molar-refractivity contribution in [3.8, 4) is 0 Å². The third-order valence-electron chi connectivity index (χ3n) is 4.66. The molecule has 1 unspecified atom stereocenters. The van der Waals surface area contributed by atoms with Crippen LogP contribution in [0, 0.1) is 6.92 Å². The van der Waals surface area contributed by atoms with Crippen LogP contribution in [0.2, 0.25) is 0 Å². The van der Waals surface area contributed by atoms with E-state index < -0.39 is 0 Å². The van der Waals surface area contributed by atoms with E-state index in [0.29, 0.717) is 5.92 Å². The first-order chi connectivity index (χ1) is 11.6. The predicted molar refractivity (Wildman–Crippen MR) is 112 cm³/mol. The summed E-state index contributed by atoms with van der Waals surface area (Å²) in [5.74, 6) is 0.704. The Morgan fingerprint density at radius 1 is 1.04 bits per heavy atom. The molecule has 0 heterocycles. The topological polar surface area (TPSA) is 0 Å². The zero-order valence-electron chi connectivity index (χ0n) is 17.3. The van der Waals surface area contributed by atoms with Gasteiger partial charge < -0.3 is 0 Å². The van der Waals surface area contributed by atoms with Gasteiger partial charge in [-0.05, 0) is 57.4 Å². The van der Waals surface area contributed by atoms with Crippen molar-refractivity contribution in [3.63, 3.8) is 0 Å². The van der Waals surface area contributed by atoms with Crippen LogP contribution in [-0.4, -0.2) is 0 Å². The summed E-state index contributed by atoms with van der Waals surface area (Å²) < 4.78 is 0. The molecule has 1 aliphatic carbocycles. The first-order valence-corrected chi connectivity index (χ1v) is 9.99. The minimum Gasteiger partial charge on any atom is -0.0881 e. The normalized spacial score (nSPS) is 16.3. The van der Waals surface area contributed by atoms with E-state index in [0.717, 1.165) is 0 Å². The summed E-state index contributed by atoms with van der Waals surface area (Å²) in [7, 11) is 0. The summed E-state index contributed by atoms with van der Waals surface area (Å²) in [6.45, 7) is 15.0. The molecular formula is C24H40. The van der Waals surface area contributed by atoms with Gasteiger partial charge in [-0.1, -0.05) is 94.2 Å². The molecule has 0 bridgehead atoms. The molecule has 0 aliphatic heterocycles. The summed E-state index contributed by atoms with van der Waals surface area (Å²) in [6, 6.07) is 8.82. The van der Waals surface area contributed by atoms with E-state index in [1.165, 1.54) is 49.7 Å². The molecule has 0 amide bonds. The van der Waals surface area contributed by atoms with Crippen molar-refractivity contribution in [2.24, 2.45) is 0 Å². The van der Waals surface area contributed by atoms with Crippen LogP contribution in [0.4, 0.5) is 0 Å². The minimum absolute atomic E-state index is 0.704. The lowest BCUT2D eigenvalue weighted by Crippen LogP contribution is -1.94. The number of allylic oxidation sites excluding steroid dienone is 4. The number of benzene rings is 1. The van der Waals surface area contributed by atoms with Gasteiger partial charge in [0.05, 0.1) is 0 Å². The minimum atomic E-state index is 0.704. The van der Waals surface area contributed by atoms with E-state index in [1.54, 1.807) is 11.1 Å². The van der Waals surface area contributed by atoms with Crippen molar-refractivity contribution in [1.82, 2.24) is 0 Å². The average molecular weight is 329 g/mol. The zero-order chi connectivity index (χ0) is 18.4. The Balaban J connectivity index is 0.000000400. The molecule has 24 heavy (non-hydrogen) atoms. The summed E-state index contributed by atoms with van der Waals surface area (Å²) in [5, 5.41) is 0. The van der Waals surface area contributed by atoms with Gasteiger partial charge in [0, 0.05) is 0 Å². The predicted octanol–water partition coefficient (Wildman–Crippen LogP) is 8.38. The van der Waals surface area contributed by atoms with E-state index in [9.17, 15) is 0 Å². The Bertz CT molecular complexity index is 473. The second-order valence-electron chi connectivity index (χ2n) is 6.48. The van der Waals surface area contributed by atoms with Crippen LogP contribution in [0.3, 0.4) is 0 Å². The van der Waals surface area contributed by atoms with Crippen LogP contribution in [0.25, 0.3) is 0 Å². The quantitative estimate of drug-likeness (QED) is 0.487. The molecule has 0 spiro atoms. The lowest BCUT2D eigenvalue weighted by molar-refractivity contribution is 0.733. The number of hydrogen-bond donors (Lipinski definition) is 0. The van der Waals surface area contributed by atoms with Crippen LogP contribution >= 0.6 is 0 Å². The largest absolute Gasteiger partial charge is 0.0881 e. The van der Waals surface area contributed by atoms with Gasteiger partial charge in [0.15, 0.2) is 0 Å². The molecule has 0 fully saturated rings. The second-order valence-corrected chi connectivity index (χ2v) is 6.48. The highest BCUT2D eigenvalue weighted by molar-refractivity contribution is 5.23. The van der Waals surface area contributed by atoms with E-state index in [1.807, 2.05) is 13.8 Å². The third kappa shape index (κ3) is 9.11. The van der Waals surface area contributed by atoms with Crippen LogP contribution < -0.4 is 0 Å². The molecule has 1 aliphatic rings. The number of rotatable bonds is 4. The lowest BCUT2D eigenvalue weighted by Gasteiger charge is -2.14. The van der Waals surface area contributed by atoms with Crippen LogP contribution in [-0.2, 0) is 0 Å². The summed E-state index contributed by atoms with van der Waals surface area (Å²) in [4.78, 5) is 0. The summed E-state index contributed by atoms with van der Waals surface area (Å²) in [5.41, 5.74) is 6.10. The van der Waals surface area contributed by atoms with Crippen molar-refractivity contribution < 1.29 is 0 Å². The molecule has 0 aromatic heterocycles. The van der Waals surface area contributed by atoms with Crippen LogP contribution in [0.1, 0.15) is 97.1 Å². The molecule has 1 aromatic carbocycles. The molecule has 1 aromatic rings. The van der Waals surface area contributed by atoms with Gasteiger partial charge >= 0.3 is 0 Å². The van der Waals surface area contributed by atoms with Crippen molar-refractivity contribution in [1.29, 1.82) is 0 Å². The first kappa shape index (κ1) is 22.7. The Labute approximate surface area is 152 Å². The maximum absolute atomic E-state index is 2.42. The SMILES string of the molecule is C/C=C1\CC=C(CCC)CC1.CC.CCC(C)c1ccc(C)cc1. The van der Waals surface area contributed by atoms with Gasteiger partial charge in [0.2, 0.25) is 0 Å². The van der Waals surface area contributed by atoms with Gasteiger partial charge in [-0.2, -0.15) is 0 Å². The van der Waals surface area contributed by atoms with Crippen LogP contribution in [0.15, 0.2) is 47.6 Å². The molecule has 1 atom stereocenters. The van der Waals surface area contributed by atoms with E-state index in [2.05, 4.69) is 71.0 Å². The summed E-state index contributed by atoms with van der Waals surface area (Å²) in [6.07, 6.45) is 12.4. The Morgan fingerprint density at radius 3 is 2.08 bits per heavy atom. The van der Waals surface area contributed by atoms with Crippen molar-refractivity contribution in [2.75, 3.05) is 0 Å². The van der Waals surface area contributed by atoms with E-state index in [-0.39, 0.29) is 0 Å². The van der Waals surface area contributed by atoms with Gasteiger partial charge in [0.1, 0.15) is 0 Å². The first-order valence-electron chi connectivity index (χ1n) is 9.99. The zero-order valence-corrected chi connectivity index (χ0v) is 17.3.